The van der Waals surface area contributed by atoms with Gasteiger partial charge in [-0.15, -0.1) is 0 Å². The maximum absolute atomic E-state index is 14.4. The first-order chi connectivity index (χ1) is 27.3. The third-order valence-corrected chi connectivity index (χ3v) is 10.2. The summed E-state index contributed by atoms with van der Waals surface area (Å²) in [6.45, 7) is 3.80. The molecule has 57 heavy (non-hydrogen) atoms. The number of phenolic OH excluding ortho intramolecular Hbond substituents is 1. The summed E-state index contributed by atoms with van der Waals surface area (Å²) in [6, 6.07) is 19.4. The molecule has 1 aliphatic heterocycles. The molecule has 4 aromatic rings. The van der Waals surface area contributed by atoms with E-state index in [0.717, 1.165) is 33.0 Å². The molecule has 0 unspecified atom stereocenters. The smallest absolute Gasteiger partial charge is 0.243 e. The lowest BCUT2D eigenvalue weighted by Crippen LogP contribution is -2.59. The molecule has 1 heterocycles. The fraction of sp³-hybridized carbons (Fsp3) is 0.349. The molecule has 6 amide bonds. The van der Waals surface area contributed by atoms with Crippen LogP contribution in [0.5, 0.6) is 5.75 Å². The van der Waals surface area contributed by atoms with E-state index in [9.17, 15) is 33.9 Å². The average molecular weight is 778 g/mol. The summed E-state index contributed by atoms with van der Waals surface area (Å²) in [5.74, 6) is -4.02. The molecule has 1 aliphatic rings. The molecule has 0 aromatic heterocycles. The van der Waals surface area contributed by atoms with Crippen LogP contribution in [-0.2, 0) is 48.0 Å². The predicted molar refractivity (Wildman–Crippen MR) is 215 cm³/mol. The summed E-state index contributed by atoms with van der Waals surface area (Å²) in [5.41, 5.74) is 15.8. The first-order valence-electron chi connectivity index (χ1n) is 19.1. The average Bonchev–Trinajstić information content (AvgIpc) is 3.17. The SMILES string of the molecule is Cc1cc(O)cc(C)c1C[C@H](N)C(=O)N[C@@H]1CCCCNC(=O)C[C@@H](C(N)=O)NC(=O)[C@H](Cc2ccccc2)NC(=O)[C@@H](Cc2cccc3ccccc23)NC1=O. The third-order valence-electron chi connectivity index (χ3n) is 10.2. The van der Waals surface area contributed by atoms with E-state index in [0.29, 0.717) is 18.4 Å². The van der Waals surface area contributed by atoms with Gasteiger partial charge in [0, 0.05) is 19.4 Å². The van der Waals surface area contributed by atoms with Gasteiger partial charge in [-0.2, -0.15) is 0 Å². The number of fused-ring (bicyclic) bond motifs is 1. The maximum Gasteiger partial charge on any atom is 0.243 e. The van der Waals surface area contributed by atoms with Gasteiger partial charge in [0.2, 0.25) is 35.4 Å². The molecule has 5 atom stereocenters. The van der Waals surface area contributed by atoms with Crippen LogP contribution >= 0.6 is 0 Å². The number of nitrogens with two attached hydrogens (primary N) is 2. The number of amides is 6. The van der Waals surface area contributed by atoms with Crippen LogP contribution in [0.15, 0.2) is 84.9 Å². The largest absolute Gasteiger partial charge is 0.508 e. The Bertz CT molecular complexity index is 2080. The van der Waals surface area contributed by atoms with Gasteiger partial charge in [0.1, 0.15) is 29.9 Å². The van der Waals surface area contributed by atoms with Crippen LogP contribution in [0.4, 0.5) is 0 Å². The number of primary amides is 1. The van der Waals surface area contributed by atoms with Crippen molar-refractivity contribution in [3.8, 4) is 5.75 Å². The second-order valence-electron chi connectivity index (χ2n) is 14.6. The minimum atomic E-state index is -1.35. The van der Waals surface area contributed by atoms with Crippen LogP contribution in [0.25, 0.3) is 10.8 Å². The second kappa shape index (κ2) is 19.5. The van der Waals surface area contributed by atoms with E-state index in [1.165, 1.54) is 0 Å². The van der Waals surface area contributed by atoms with Crippen molar-refractivity contribution < 1.29 is 33.9 Å². The van der Waals surface area contributed by atoms with Gasteiger partial charge in [-0.3, -0.25) is 28.8 Å². The van der Waals surface area contributed by atoms with Gasteiger partial charge >= 0.3 is 0 Å². The second-order valence-corrected chi connectivity index (χ2v) is 14.6. The molecule has 5 rings (SSSR count). The fourth-order valence-corrected chi connectivity index (χ4v) is 7.11. The van der Waals surface area contributed by atoms with Crippen molar-refractivity contribution in [2.75, 3.05) is 6.54 Å². The highest BCUT2D eigenvalue weighted by Crippen LogP contribution is 2.23. The van der Waals surface area contributed by atoms with Gasteiger partial charge in [0.15, 0.2) is 0 Å². The Labute approximate surface area is 331 Å². The van der Waals surface area contributed by atoms with E-state index in [4.69, 9.17) is 11.5 Å². The highest BCUT2D eigenvalue weighted by molar-refractivity contribution is 5.97. The lowest BCUT2D eigenvalue weighted by molar-refractivity contribution is -0.135. The van der Waals surface area contributed by atoms with Gasteiger partial charge in [-0.25, -0.2) is 0 Å². The van der Waals surface area contributed by atoms with Gasteiger partial charge < -0.3 is 43.2 Å². The topological polar surface area (TPSA) is 235 Å². The molecular weight excluding hydrogens is 727 g/mol. The highest BCUT2D eigenvalue weighted by atomic mass is 16.3. The van der Waals surface area contributed by atoms with E-state index in [1.807, 2.05) is 56.3 Å². The molecule has 14 nitrogen and oxygen atoms in total. The zero-order valence-corrected chi connectivity index (χ0v) is 32.2. The lowest BCUT2D eigenvalue weighted by Gasteiger charge is -2.27. The zero-order chi connectivity index (χ0) is 41.1. The number of aryl methyl sites for hydroxylation is 2. The van der Waals surface area contributed by atoms with E-state index in [-0.39, 0.29) is 38.0 Å². The number of hydrogen-bond acceptors (Lipinski definition) is 8. The van der Waals surface area contributed by atoms with Crippen LogP contribution in [0.3, 0.4) is 0 Å². The molecule has 4 aromatic carbocycles. The van der Waals surface area contributed by atoms with Crippen LogP contribution in [-0.4, -0.2) is 77.3 Å². The van der Waals surface area contributed by atoms with Gasteiger partial charge in [-0.1, -0.05) is 72.8 Å². The van der Waals surface area contributed by atoms with E-state index in [1.54, 1.807) is 42.5 Å². The van der Waals surface area contributed by atoms with Crippen LogP contribution in [0.2, 0.25) is 0 Å². The number of hydrogen-bond donors (Lipinski definition) is 8. The molecule has 1 fully saturated rings. The Hall–Kier alpha value is -6.28. The number of rotatable bonds is 9. The van der Waals surface area contributed by atoms with Gasteiger partial charge in [-0.05, 0) is 90.3 Å². The summed E-state index contributed by atoms with van der Waals surface area (Å²) >= 11 is 0. The molecule has 10 N–H and O–H groups in total. The Morgan fingerprint density at radius 1 is 0.807 bits per heavy atom. The van der Waals surface area contributed by atoms with E-state index in [2.05, 4.69) is 26.6 Å². The van der Waals surface area contributed by atoms with Crippen LogP contribution in [0.1, 0.15) is 53.5 Å². The molecule has 0 aliphatic carbocycles. The number of aromatic hydroxyl groups is 1. The summed E-state index contributed by atoms with van der Waals surface area (Å²) in [4.78, 5) is 81.4. The first-order valence-corrected chi connectivity index (χ1v) is 19.1. The number of phenols is 1. The Morgan fingerprint density at radius 3 is 2.16 bits per heavy atom. The Morgan fingerprint density at radius 2 is 1.44 bits per heavy atom. The minimum absolute atomic E-state index is 0.0155. The van der Waals surface area contributed by atoms with Crippen molar-refractivity contribution in [1.29, 1.82) is 0 Å². The highest BCUT2D eigenvalue weighted by Gasteiger charge is 2.33. The maximum atomic E-state index is 14.4. The van der Waals surface area contributed by atoms with E-state index >= 15 is 0 Å². The quantitative estimate of drug-likeness (QED) is 0.124. The number of benzene rings is 4. The minimum Gasteiger partial charge on any atom is -0.508 e. The molecule has 0 radical (unpaired) electrons. The number of carbonyl (C=O) groups is 6. The third kappa shape index (κ3) is 11.6. The summed E-state index contributed by atoms with van der Waals surface area (Å²) in [6.07, 6.45) is 0.679. The molecule has 0 bridgehead atoms. The van der Waals surface area contributed by atoms with Crippen molar-refractivity contribution in [3.63, 3.8) is 0 Å². The predicted octanol–water partition coefficient (Wildman–Crippen LogP) is 1.63. The van der Waals surface area contributed by atoms with Crippen molar-refractivity contribution in [3.05, 3.63) is 113 Å². The summed E-state index contributed by atoms with van der Waals surface area (Å²) in [7, 11) is 0. The number of carbonyl (C=O) groups excluding carboxylic acids is 6. The zero-order valence-electron chi connectivity index (χ0n) is 32.2. The molecule has 14 heteroatoms. The monoisotopic (exact) mass is 777 g/mol. The Balaban J connectivity index is 1.48. The normalized spacial score (nSPS) is 20.6. The van der Waals surface area contributed by atoms with Crippen molar-refractivity contribution >= 4 is 46.2 Å². The van der Waals surface area contributed by atoms with Crippen molar-refractivity contribution in [1.82, 2.24) is 26.6 Å². The van der Waals surface area contributed by atoms with E-state index < -0.39 is 72.1 Å². The molecule has 1 saturated heterocycles. The molecular formula is C43H51N7O7. The fourth-order valence-electron chi connectivity index (χ4n) is 7.11. The Kier molecular flexibility index (Phi) is 14.4. The number of nitrogens with one attached hydrogen (secondary N) is 5. The first kappa shape index (κ1) is 41.9. The van der Waals surface area contributed by atoms with Crippen molar-refractivity contribution in [2.24, 2.45) is 11.5 Å². The van der Waals surface area contributed by atoms with Crippen LogP contribution < -0.4 is 38.1 Å². The van der Waals surface area contributed by atoms with Gasteiger partial charge in [0.05, 0.1) is 12.5 Å². The van der Waals surface area contributed by atoms with Gasteiger partial charge in [0.25, 0.3) is 0 Å². The molecule has 0 saturated carbocycles. The van der Waals surface area contributed by atoms with Crippen molar-refractivity contribution in [2.45, 2.75) is 89.0 Å². The molecule has 300 valence electrons. The molecule has 0 spiro atoms. The summed E-state index contributed by atoms with van der Waals surface area (Å²) in [5, 5.41) is 25.5. The summed E-state index contributed by atoms with van der Waals surface area (Å²) < 4.78 is 0. The lowest BCUT2D eigenvalue weighted by atomic mass is 9.95. The standard InChI is InChI=1S/C43H51N7O7/c1-25-19-30(51)20-26(2)32(25)23-33(44)40(54)47-34-17-8-9-18-46-38(52)24-35(39(45)53)48-42(56)36(21-27-11-4-3-5-12-27)49-43(57)37(50-41(34)55)22-29-15-10-14-28-13-6-7-16-31(28)29/h3-7,10-16,19-20,33-37,51H,8-9,17-18,21-24,44H2,1-2H3,(H2,45,53)(H,46,52)(H,47,54)(H,48,56)(H,49,57)(H,50,55)/t33-,34+,35-,36-,37+/m0/s1. The van der Waals surface area contributed by atoms with Crippen LogP contribution in [0, 0.1) is 13.8 Å².